The summed E-state index contributed by atoms with van der Waals surface area (Å²) >= 11 is 0. The summed E-state index contributed by atoms with van der Waals surface area (Å²) in [6.07, 6.45) is 2.97. The molecule has 0 aromatic rings. The first kappa shape index (κ1) is 11.4. The van der Waals surface area contributed by atoms with E-state index in [1.54, 1.807) is 7.11 Å². The number of methoxy groups -OCH3 is 1. The Labute approximate surface area is 94.4 Å². The number of carbonyl (C=O) groups is 2. The van der Waals surface area contributed by atoms with E-state index in [9.17, 15) is 9.59 Å². The fourth-order valence-electron chi connectivity index (χ4n) is 2.16. The number of likely N-dealkylation sites (tertiary alicyclic amines) is 1. The number of nitrogens with zero attached hydrogens (tertiary/aromatic N) is 1. The molecule has 1 saturated heterocycles. The van der Waals surface area contributed by atoms with E-state index in [-0.39, 0.29) is 12.0 Å². The van der Waals surface area contributed by atoms with E-state index >= 15 is 0 Å². The monoisotopic (exact) mass is 227 g/mol. The van der Waals surface area contributed by atoms with Crippen molar-refractivity contribution < 1.29 is 19.4 Å². The van der Waals surface area contributed by atoms with Gasteiger partial charge in [-0.3, -0.25) is 4.79 Å². The second kappa shape index (κ2) is 4.41. The lowest BCUT2D eigenvalue weighted by Crippen LogP contribution is -2.40. The highest BCUT2D eigenvalue weighted by atomic mass is 16.5. The van der Waals surface area contributed by atoms with Gasteiger partial charge < -0.3 is 14.7 Å². The van der Waals surface area contributed by atoms with Gasteiger partial charge in [-0.05, 0) is 18.8 Å². The number of hydrogen-bond donors (Lipinski definition) is 1. The molecule has 0 aromatic carbocycles. The number of amides is 1. The first-order chi connectivity index (χ1) is 7.61. The minimum atomic E-state index is -0.927. The molecule has 2 aliphatic rings. The van der Waals surface area contributed by atoms with Crippen molar-refractivity contribution in [1.29, 1.82) is 0 Å². The van der Waals surface area contributed by atoms with Crippen molar-refractivity contribution in [2.45, 2.75) is 37.8 Å². The smallest absolute Gasteiger partial charge is 0.326 e. The predicted molar refractivity (Wildman–Crippen MR) is 55.9 cm³/mol. The van der Waals surface area contributed by atoms with Crippen LogP contribution in [0.5, 0.6) is 0 Å². The van der Waals surface area contributed by atoms with Gasteiger partial charge in [0.15, 0.2) is 0 Å². The number of carbonyl (C=O) groups excluding carboxylic acids is 1. The van der Waals surface area contributed by atoms with Gasteiger partial charge in [-0.15, -0.1) is 0 Å². The van der Waals surface area contributed by atoms with Gasteiger partial charge in [0.25, 0.3) is 0 Å². The second-order valence-electron chi connectivity index (χ2n) is 4.64. The average Bonchev–Trinajstić information content (AvgIpc) is 2.94. The van der Waals surface area contributed by atoms with Crippen LogP contribution in [-0.4, -0.2) is 47.7 Å². The molecule has 0 spiro atoms. The Hall–Kier alpha value is -1.10. The van der Waals surface area contributed by atoms with Gasteiger partial charge in [-0.2, -0.15) is 0 Å². The molecule has 16 heavy (non-hydrogen) atoms. The molecule has 1 aliphatic heterocycles. The fraction of sp³-hybridized carbons (Fsp3) is 0.818. The third kappa shape index (κ3) is 2.35. The minimum absolute atomic E-state index is 0.0329. The van der Waals surface area contributed by atoms with Gasteiger partial charge >= 0.3 is 5.97 Å². The molecule has 2 rings (SSSR count). The lowest BCUT2D eigenvalue weighted by atomic mass is 10.2. The number of hydrogen-bond acceptors (Lipinski definition) is 3. The van der Waals surface area contributed by atoms with Crippen molar-refractivity contribution >= 4 is 11.9 Å². The van der Waals surface area contributed by atoms with Gasteiger partial charge in [0.1, 0.15) is 6.04 Å². The molecular weight excluding hydrogens is 210 g/mol. The van der Waals surface area contributed by atoms with Crippen LogP contribution in [0.2, 0.25) is 0 Å². The van der Waals surface area contributed by atoms with Crippen LogP contribution in [-0.2, 0) is 14.3 Å². The summed E-state index contributed by atoms with van der Waals surface area (Å²) in [5.74, 6) is -0.471. The van der Waals surface area contributed by atoms with E-state index in [0.717, 1.165) is 12.8 Å². The third-order valence-electron chi connectivity index (χ3n) is 3.36. The molecule has 2 atom stereocenters. The summed E-state index contributed by atoms with van der Waals surface area (Å²) in [5.41, 5.74) is 0. The Balaban J connectivity index is 1.98. The summed E-state index contributed by atoms with van der Waals surface area (Å²) in [6, 6.07) is -0.698. The van der Waals surface area contributed by atoms with E-state index in [4.69, 9.17) is 9.84 Å². The maximum atomic E-state index is 11.9. The van der Waals surface area contributed by atoms with Crippen LogP contribution in [0.3, 0.4) is 0 Å². The Morgan fingerprint density at radius 1 is 1.44 bits per heavy atom. The lowest BCUT2D eigenvalue weighted by molar-refractivity contribution is -0.148. The van der Waals surface area contributed by atoms with E-state index in [0.29, 0.717) is 25.3 Å². The third-order valence-corrected chi connectivity index (χ3v) is 3.36. The highest BCUT2D eigenvalue weighted by Crippen LogP contribution is 2.34. The van der Waals surface area contributed by atoms with Crippen molar-refractivity contribution in [3.8, 4) is 0 Å². The molecule has 1 aliphatic carbocycles. The predicted octanol–water partition coefficient (Wildman–Crippen LogP) is 0.487. The minimum Gasteiger partial charge on any atom is -0.480 e. The van der Waals surface area contributed by atoms with Crippen molar-refractivity contribution in [2.75, 3.05) is 13.7 Å². The van der Waals surface area contributed by atoms with Crippen LogP contribution >= 0.6 is 0 Å². The highest BCUT2D eigenvalue weighted by molar-refractivity contribution is 5.84. The van der Waals surface area contributed by atoms with Crippen LogP contribution in [0, 0.1) is 5.92 Å². The standard InChI is InChI=1S/C11H17NO4/c1-16-8-5-9(11(14)15)12(6-8)10(13)4-7-2-3-7/h7-9H,2-6H2,1H3,(H,14,15). The topological polar surface area (TPSA) is 66.8 Å². The molecule has 0 bridgehead atoms. The molecule has 2 fully saturated rings. The molecule has 0 radical (unpaired) electrons. The van der Waals surface area contributed by atoms with Crippen molar-refractivity contribution in [3.63, 3.8) is 0 Å². The first-order valence-electron chi connectivity index (χ1n) is 5.67. The summed E-state index contributed by atoms with van der Waals surface area (Å²) in [5, 5.41) is 9.05. The van der Waals surface area contributed by atoms with Crippen molar-refractivity contribution in [2.24, 2.45) is 5.92 Å². The first-order valence-corrected chi connectivity index (χ1v) is 5.67. The van der Waals surface area contributed by atoms with E-state index < -0.39 is 12.0 Å². The van der Waals surface area contributed by atoms with Crippen LogP contribution in [0.1, 0.15) is 25.7 Å². The molecule has 5 nitrogen and oxygen atoms in total. The molecule has 5 heteroatoms. The van der Waals surface area contributed by atoms with Gasteiger partial charge in [0.05, 0.1) is 6.10 Å². The number of aliphatic carboxylic acids is 1. The van der Waals surface area contributed by atoms with Gasteiger partial charge in [-0.1, -0.05) is 0 Å². The second-order valence-corrected chi connectivity index (χ2v) is 4.64. The van der Waals surface area contributed by atoms with Crippen LogP contribution in [0.15, 0.2) is 0 Å². The number of carboxylic acids is 1. The molecule has 1 saturated carbocycles. The molecule has 0 aromatic heterocycles. The zero-order valence-electron chi connectivity index (χ0n) is 9.39. The fourth-order valence-corrected chi connectivity index (χ4v) is 2.16. The molecule has 1 heterocycles. The Morgan fingerprint density at radius 2 is 2.12 bits per heavy atom. The normalized spacial score (nSPS) is 29.4. The zero-order chi connectivity index (χ0) is 11.7. The van der Waals surface area contributed by atoms with E-state index in [1.165, 1.54) is 4.90 Å². The van der Waals surface area contributed by atoms with Gasteiger partial charge in [-0.25, -0.2) is 4.79 Å². The number of rotatable bonds is 4. The van der Waals surface area contributed by atoms with Gasteiger partial charge in [0.2, 0.25) is 5.91 Å². The molecule has 1 amide bonds. The Morgan fingerprint density at radius 3 is 2.62 bits per heavy atom. The molecule has 90 valence electrons. The zero-order valence-corrected chi connectivity index (χ0v) is 9.39. The Bertz CT molecular complexity index is 300. The summed E-state index contributed by atoms with van der Waals surface area (Å²) < 4.78 is 5.14. The molecular formula is C11H17NO4. The van der Waals surface area contributed by atoms with Gasteiger partial charge in [0, 0.05) is 26.5 Å². The number of ether oxygens (including phenoxy) is 1. The summed E-state index contributed by atoms with van der Waals surface area (Å²) in [6.45, 7) is 0.416. The summed E-state index contributed by atoms with van der Waals surface area (Å²) in [7, 11) is 1.55. The largest absolute Gasteiger partial charge is 0.480 e. The Kier molecular flexibility index (Phi) is 3.14. The van der Waals surface area contributed by atoms with Crippen LogP contribution < -0.4 is 0 Å². The SMILES string of the molecule is COC1CC(C(=O)O)N(C(=O)CC2CC2)C1. The maximum Gasteiger partial charge on any atom is 0.326 e. The average molecular weight is 227 g/mol. The molecule has 2 unspecified atom stereocenters. The van der Waals surface area contributed by atoms with Crippen molar-refractivity contribution in [1.82, 2.24) is 4.90 Å². The summed E-state index contributed by atoms with van der Waals surface area (Å²) in [4.78, 5) is 24.4. The van der Waals surface area contributed by atoms with E-state index in [1.807, 2.05) is 0 Å². The van der Waals surface area contributed by atoms with Crippen LogP contribution in [0.25, 0.3) is 0 Å². The van der Waals surface area contributed by atoms with Crippen molar-refractivity contribution in [3.05, 3.63) is 0 Å². The molecule has 1 N–H and O–H groups in total. The maximum absolute atomic E-state index is 11.9. The lowest BCUT2D eigenvalue weighted by Gasteiger charge is -2.21. The van der Waals surface area contributed by atoms with E-state index in [2.05, 4.69) is 0 Å². The quantitative estimate of drug-likeness (QED) is 0.759. The number of carboxylic acid groups (broad SMARTS) is 1. The highest BCUT2D eigenvalue weighted by Gasteiger charge is 2.40. The van der Waals surface area contributed by atoms with Crippen LogP contribution in [0.4, 0.5) is 0 Å².